The number of hydrogen-bond donors (Lipinski definition) is 1. The maximum absolute atomic E-state index is 11.5. The number of carbonyl (C=O) groups is 1. The Bertz CT molecular complexity index is 689. The Morgan fingerprint density at radius 3 is 2.48 bits per heavy atom. The predicted molar refractivity (Wildman–Crippen MR) is 82.1 cm³/mol. The average Bonchev–Trinajstić information content (AvgIpc) is 2.49. The molecule has 0 atom stereocenters. The number of nitro benzene ring substituents is 1. The van der Waals surface area contributed by atoms with Crippen LogP contribution in [0, 0.1) is 10.1 Å². The molecule has 0 aromatic heterocycles. The molecule has 2 aromatic rings. The molecular formula is C14H11ClN2O3S. The summed E-state index contributed by atoms with van der Waals surface area (Å²) in [6.07, 6.45) is 0. The fourth-order valence-corrected chi connectivity index (χ4v) is 2.69. The van der Waals surface area contributed by atoms with E-state index >= 15 is 0 Å². The van der Waals surface area contributed by atoms with Crippen LogP contribution >= 0.6 is 23.4 Å². The monoisotopic (exact) mass is 322 g/mol. The van der Waals surface area contributed by atoms with Crippen LogP contribution in [0.4, 0.5) is 5.69 Å². The molecule has 0 aliphatic heterocycles. The molecule has 5 nitrogen and oxygen atoms in total. The standard InChI is InChI=1S/C14H11ClN2O3S/c1-16-14(18)9-2-7-13(12(8-9)17(19)20)21-11-5-3-10(15)4-6-11/h2-8H,1H3,(H,16,18). The van der Waals surface area contributed by atoms with Gasteiger partial charge >= 0.3 is 0 Å². The van der Waals surface area contributed by atoms with Crippen molar-refractivity contribution in [1.29, 1.82) is 0 Å². The Hall–Kier alpha value is -2.05. The van der Waals surface area contributed by atoms with Crippen molar-refractivity contribution >= 4 is 35.0 Å². The second-order valence-electron chi connectivity index (χ2n) is 4.07. The third kappa shape index (κ3) is 3.74. The van der Waals surface area contributed by atoms with Crippen LogP contribution in [-0.2, 0) is 0 Å². The number of nitro groups is 1. The van der Waals surface area contributed by atoms with Gasteiger partial charge in [0.1, 0.15) is 0 Å². The first-order chi connectivity index (χ1) is 10.0. The molecular weight excluding hydrogens is 312 g/mol. The first-order valence-corrected chi connectivity index (χ1v) is 7.14. The van der Waals surface area contributed by atoms with E-state index in [0.717, 1.165) is 4.90 Å². The highest BCUT2D eigenvalue weighted by Gasteiger charge is 2.18. The van der Waals surface area contributed by atoms with E-state index in [2.05, 4.69) is 5.32 Å². The Balaban J connectivity index is 2.36. The predicted octanol–water partition coefficient (Wildman–Crippen LogP) is 3.76. The van der Waals surface area contributed by atoms with Gasteiger partial charge in [0.25, 0.3) is 11.6 Å². The largest absolute Gasteiger partial charge is 0.355 e. The smallest absolute Gasteiger partial charge is 0.284 e. The minimum atomic E-state index is -0.495. The molecule has 1 N–H and O–H groups in total. The van der Waals surface area contributed by atoms with Gasteiger partial charge in [0.2, 0.25) is 0 Å². The topological polar surface area (TPSA) is 72.2 Å². The highest BCUT2D eigenvalue weighted by atomic mass is 35.5. The normalized spacial score (nSPS) is 10.2. The lowest BCUT2D eigenvalue weighted by molar-refractivity contribution is -0.387. The van der Waals surface area contributed by atoms with E-state index in [1.165, 1.54) is 24.9 Å². The molecule has 0 unspecified atom stereocenters. The third-order valence-corrected chi connectivity index (χ3v) is 4.01. The summed E-state index contributed by atoms with van der Waals surface area (Å²) in [6.45, 7) is 0. The van der Waals surface area contributed by atoms with Crippen molar-refractivity contribution < 1.29 is 9.72 Å². The van der Waals surface area contributed by atoms with Gasteiger partial charge in [-0.05, 0) is 36.4 Å². The van der Waals surface area contributed by atoms with Gasteiger partial charge in [-0.3, -0.25) is 14.9 Å². The summed E-state index contributed by atoms with van der Waals surface area (Å²) in [6, 6.07) is 11.4. The van der Waals surface area contributed by atoms with Crippen molar-refractivity contribution in [1.82, 2.24) is 5.32 Å². The van der Waals surface area contributed by atoms with E-state index in [1.807, 2.05) is 0 Å². The van der Waals surface area contributed by atoms with Crippen LogP contribution in [0.2, 0.25) is 5.02 Å². The van der Waals surface area contributed by atoms with Gasteiger partial charge in [-0.2, -0.15) is 0 Å². The number of rotatable bonds is 4. The zero-order valence-corrected chi connectivity index (χ0v) is 12.6. The number of benzene rings is 2. The molecule has 0 bridgehead atoms. The van der Waals surface area contributed by atoms with Crippen LogP contribution < -0.4 is 5.32 Å². The molecule has 2 aromatic carbocycles. The van der Waals surface area contributed by atoms with Crippen LogP contribution in [0.1, 0.15) is 10.4 Å². The van der Waals surface area contributed by atoms with Gasteiger partial charge in [0.05, 0.1) is 9.82 Å². The Morgan fingerprint density at radius 1 is 1.24 bits per heavy atom. The Kier molecular flexibility index (Phi) is 4.82. The number of carbonyl (C=O) groups excluding carboxylic acids is 1. The molecule has 21 heavy (non-hydrogen) atoms. The fourth-order valence-electron chi connectivity index (χ4n) is 1.66. The first kappa shape index (κ1) is 15.3. The molecule has 0 spiro atoms. The molecule has 0 saturated heterocycles. The number of nitrogens with zero attached hydrogens (tertiary/aromatic N) is 1. The van der Waals surface area contributed by atoms with Crippen LogP contribution in [0.5, 0.6) is 0 Å². The zero-order chi connectivity index (χ0) is 15.4. The summed E-state index contributed by atoms with van der Waals surface area (Å²) < 4.78 is 0. The Morgan fingerprint density at radius 2 is 1.90 bits per heavy atom. The second kappa shape index (κ2) is 6.60. The highest BCUT2D eigenvalue weighted by molar-refractivity contribution is 7.99. The molecule has 1 amide bonds. The molecule has 0 radical (unpaired) electrons. The quantitative estimate of drug-likeness (QED) is 0.687. The minimum absolute atomic E-state index is 0.101. The highest BCUT2D eigenvalue weighted by Crippen LogP contribution is 2.35. The van der Waals surface area contributed by atoms with Gasteiger partial charge in [-0.15, -0.1) is 0 Å². The number of halogens is 1. The lowest BCUT2D eigenvalue weighted by atomic mass is 10.2. The number of nitrogens with one attached hydrogen (secondary N) is 1. The summed E-state index contributed by atoms with van der Waals surface area (Å²) in [5.74, 6) is -0.360. The van der Waals surface area contributed by atoms with Crippen molar-refractivity contribution in [3.05, 3.63) is 63.2 Å². The molecule has 0 heterocycles. The fraction of sp³-hybridized carbons (Fsp3) is 0.0714. The molecule has 0 fully saturated rings. The van der Waals surface area contributed by atoms with Crippen LogP contribution in [-0.4, -0.2) is 17.9 Å². The Labute approximate surface area is 130 Å². The molecule has 2 rings (SSSR count). The van der Waals surface area contributed by atoms with E-state index in [1.54, 1.807) is 36.4 Å². The van der Waals surface area contributed by atoms with E-state index in [-0.39, 0.29) is 17.2 Å². The molecule has 0 aliphatic carbocycles. The van der Waals surface area contributed by atoms with E-state index in [4.69, 9.17) is 11.6 Å². The lowest BCUT2D eigenvalue weighted by Crippen LogP contribution is -2.17. The summed E-state index contributed by atoms with van der Waals surface area (Å²) >= 11 is 7.05. The van der Waals surface area contributed by atoms with Crippen molar-refractivity contribution in [3.8, 4) is 0 Å². The molecule has 108 valence electrons. The van der Waals surface area contributed by atoms with Gasteiger partial charge < -0.3 is 5.32 Å². The summed E-state index contributed by atoms with van der Waals surface area (Å²) in [5, 5.41) is 14.2. The average molecular weight is 323 g/mol. The second-order valence-corrected chi connectivity index (χ2v) is 5.63. The molecule has 0 saturated carbocycles. The number of amides is 1. The van der Waals surface area contributed by atoms with Gasteiger partial charge in [-0.1, -0.05) is 23.4 Å². The lowest BCUT2D eigenvalue weighted by Gasteiger charge is -2.05. The van der Waals surface area contributed by atoms with Crippen molar-refractivity contribution in [2.75, 3.05) is 7.05 Å². The van der Waals surface area contributed by atoms with Crippen molar-refractivity contribution in [3.63, 3.8) is 0 Å². The van der Waals surface area contributed by atoms with Gasteiger partial charge in [-0.25, -0.2) is 0 Å². The first-order valence-electron chi connectivity index (χ1n) is 5.95. The third-order valence-electron chi connectivity index (χ3n) is 2.69. The van der Waals surface area contributed by atoms with Gasteiger partial charge in [0.15, 0.2) is 0 Å². The summed E-state index contributed by atoms with van der Waals surface area (Å²) in [4.78, 5) is 23.5. The van der Waals surface area contributed by atoms with E-state index in [0.29, 0.717) is 9.92 Å². The maximum Gasteiger partial charge on any atom is 0.284 e. The van der Waals surface area contributed by atoms with E-state index in [9.17, 15) is 14.9 Å². The van der Waals surface area contributed by atoms with Crippen LogP contribution in [0.15, 0.2) is 52.3 Å². The zero-order valence-electron chi connectivity index (χ0n) is 11.0. The SMILES string of the molecule is CNC(=O)c1ccc(Sc2ccc(Cl)cc2)c([N+](=O)[O-])c1. The summed E-state index contributed by atoms with van der Waals surface area (Å²) in [7, 11) is 1.48. The van der Waals surface area contributed by atoms with Crippen LogP contribution in [0.3, 0.4) is 0 Å². The molecule has 7 heteroatoms. The van der Waals surface area contributed by atoms with Crippen molar-refractivity contribution in [2.45, 2.75) is 9.79 Å². The molecule has 0 aliphatic rings. The van der Waals surface area contributed by atoms with E-state index < -0.39 is 4.92 Å². The van der Waals surface area contributed by atoms with Crippen molar-refractivity contribution in [2.24, 2.45) is 0 Å². The summed E-state index contributed by atoms with van der Waals surface area (Å²) in [5.41, 5.74) is 0.153. The van der Waals surface area contributed by atoms with Crippen LogP contribution in [0.25, 0.3) is 0 Å². The maximum atomic E-state index is 11.5. The minimum Gasteiger partial charge on any atom is -0.355 e. The van der Waals surface area contributed by atoms with Gasteiger partial charge in [0, 0.05) is 28.6 Å². The number of hydrogen-bond acceptors (Lipinski definition) is 4.